The van der Waals surface area contributed by atoms with Crippen molar-refractivity contribution in [3.63, 3.8) is 0 Å². The van der Waals surface area contributed by atoms with E-state index in [0.717, 1.165) is 17.5 Å². The Hall–Kier alpha value is -2.22. The van der Waals surface area contributed by atoms with Gasteiger partial charge in [0.25, 0.3) is 0 Å². The van der Waals surface area contributed by atoms with E-state index in [1.165, 1.54) is 7.05 Å². The van der Waals surface area contributed by atoms with Crippen molar-refractivity contribution in [2.24, 2.45) is 0 Å². The van der Waals surface area contributed by atoms with Gasteiger partial charge in [0.05, 0.1) is 11.5 Å². The predicted octanol–water partition coefficient (Wildman–Crippen LogP) is 2.25. The Labute approximate surface area is 161 Å². The van der Waals surface area contributed by atoms with E-state index >= 15 is 0 Å². The average Bonchev–Trinajstić information content (AvgIpc) is 2.70. The summed E-state index contributed by atoms with van der Waals surface area (Å²) in [4.78, 5) is 12.1. The number of hydrogen-bond donors (Lipinski definition) is 2. The van der Waals surface area contributed by atoms with E-state index in [2.05, 4.69) is 10.0 Å². The molecule has 7 heteroatoms. The van der Waals surface area contributed by atoms with E-state index in [0.29, 0.717) is 32.6 Å². The van der Waals surface area contributed by atoms with E-state index in [9.17, 15) is 13.2 Å². The summed E-state index contributed by atoms with van der Waals surface area (Å²) in [7, 11) is -2.05. The second kappa shape index (κ2) is 10.8. The smallest absolute Gasteiger partial charge is 0.240 e. The number of rotatable bonds is 11. The Bertz CT molecular complexity index is 806. The van der Waals surface area contributed by atoms with Crippen molar-refractivity contribution in [2.45, 2.75) is 30.8 Å². The van der Waals surface area contributed by atoms with Crippen LogP contribution in [0.1, 0.15) is 24.0 Å². The van der Waals surface area contributed by atoms with Gasteiger partial charge in [-0.3, -0.25) is 4.79 Å². The summed E-state index contributed by atoms with van der Waals surface area (Å²) in [6, 6.07) is 16.5. The van der Waals surface area contributed by atoms with Crippen LogP contribution in [0.4, 0.5) is 0 Å². The second-order valence-electron chi connectivity index (χ2n) is 6.09. The van der Waals surface area contributed by atoms with Gasteiger partial charge in [-0.15, -0.1) is 0 Å². The monoisotopic (exact) mass is 390 g/mol. The molecule has 0 aliphatic rings. The molecule has 2 N–H and O–H groups in total. The maximum atomic E-state index is 11.9. The van der Waals surface area contributed by atoms with Crippen molar-refractivity contribution in [1.82, 2.24) is 10.0 Å². The number of hydrogen-bond acceptors (Lipinski definition) is 4. The van der Waals surface area contributed by atoms with Crippen molar-refractivity contribution in [2.75, 3.05) is 20.2 Å². The van der Waals surface area contributed by atoms with E-state index in [1.54, 1.807) is 24.3 Å². The first kappa shape index (κ1) is 21.1. The van der Waals surface area contributed by atoms with E-state index in [4.69, 9.17) is 4.74 Å². The van der Waals surface area contributed by atoms with Crippen molar-refractivity contribution in [3.05, 3.63) is 65.7 Å². The van der Waals surface area contributed by atoms with E-state index in [1.807, 2.05) is 30.3 Å². The predicted molar refractivity (Wildman–Crippen MR) is 105 cm³/mol. The zero-order valence-electron chi connectivity index (χ0n) is 15.5. The van der Waals surface area contributed by atoms with Crippen LogP contribution in [0.15, 0.2) is 59.5 Å². The van der Waals surface area contributed by atoms with Gasteiger partial charge in [0.15, 0.2) is 0 Å². The number of sulfonamides is 1. The normalized spacial score (nSPS) is 11.3. The van der Waals surface area contributed by atoms with Crippen LogP contribution in [0.5, 0.6) is 0 Å². The van der Waals surface area contributed by atoms with Gasteiger partial charge in [-0.1, -0.05) is 42.5 Å². The fourth-order valence-electron chi connectivity index (χ4n) is 2.47. The molecule has 27 heavy (non-hydrogen) atoms. The lowest BCUT2D eigenvalue weighted by molar-refractivity contribution is -0.121. The number of benzene rings is 2. The molecular weight excluding hydrogens is 364 g/mol. The highest BCUT2D eigenvalue weighted by Crippen LogP contribution is 2.11. The maximum Gasteiger partial charge on any atom is 0.240 e. The third-order valence-corrected chi connectivity index (χ3v) is 5.47. The van der Waals surface area contributed by atoms with Crippen LogP contribution in [-0.2, 0) is 32.6 Å². The maximum absolute atomic E-state index is 11.9. The quantitative estimate of drug-likeness (QED) is 0.577. The van der Waals surface area contributed by atoms with E-state index in [-0.39, 0.29) is 10.8 Å². The molecule has 0 unspecified atom stereocenters. The summed E-state index contributed by atoms with van der Waals surface area (Å²) in [5, 5.41) is 2.87. The van der Waals surface area contributed by atoms with Crippen LogP contribution in [0.3, 0.4) is 0 Å². The van der Waals surface area contributed by atoms with Gasteiger partial charge in [-0.25, -0.2) is 13.1 Å². The van der Waals surface area contributed by atoms with Crippen molar-refractivity contribution in [1.29, 1.82) is 0 Å². The van der Waals surface area contributed by atoms with Crippen LogP contribution >= 0.6 is 0 Å². The molecule has 0 atom stereocenters. The molecule has 0 aliphatic carbocycles. The molecule has 0 bridgehead atoms. The third kappa shape index (κ3) is 7.50. The molecule has 146 valence electrons. The number of amides is 1. The minimum absolute atomic E-state index is 0.0232. The third-order valence-electron chi connectivity index (χ3n) is 4.04. The largest absolute Gasteiger partial charge is 0.377 e. The lowest BCUT2D eigenvalue weighted by atomic mass is 10.1. The van der Waals surface area contributed by atoms with E-state index < -0.39 is 10.0 Å². The number of carbonyl (C=O) groups excluding carboxylic acids is 1. The zero-order chi connectivity index (χ0) is 19.5. The Balaban J connectivity index is 1.59. The van der Waals surface area contributed by atoms with Crippen LogP contribution in [0.2, 0.25) is 0 Å². The highest BCUT2D eigenvalue weighted by atomic mass is 32.2. The van der Waals surface area contributed by atoms with Gasteiger partial charge >= 0.3 is 0 Å². The van der Waals surface area contributed by atoms with Crippen LogP contribution < -0.4 is 10.0 Å². The summed E-state index contributed by atoms with van der Waals surface area (Å²) in [5.74, 6) is -0.0232. The van der Waals surface area contributed by atoms with Crippen molar-refractivity contribution >= 4 is 15.9 Å². The molecule has 0 aromatic heterocycles. The Morgan fingerprint density at radius 1 is 1.00 bits per heavy atom. The Morgan fingerprint density at radius 3 is 2.37 bits per heavy atom. The average molecular weight is 391 g/mol. The van der Waals surface area contributed by atoms with Crippen LogP contribution in [-0.4, -0.2) is 34.5 Å². The Kier molecular flexibility index (Phi) is 8.44. The molecule has 1 amide bonds. The molecule has 6 nitrogen and oxygen atoms in total. The second-order valence-corrected chi connectivity index (χ2v) is 7.98. The topological polar surface area (TPSA) is 84.5 Å². The summed E-state index contributed by atoms with van der Waals surface area (Å²) < 4.78 is 31.2. The van der Waals surface area contributed by atoms with Gasteiger partial charge in [0.2, 0.25) is 15.9 Å². The molecule has 0 saturated carbocycles. The summed E-state index contributed by atoms with van der Waals surface area (Å²) in [6.45, 7) is 1.75. The molecule has 2 rings (SSSR count). The summed E-state index contributed by atoms with van der Waals surface area (Å²) in [6.07, 6.45) is 1.69. The van der Waals surface area contributed by atoms with Gasteiger partial charge in [-0.2, -0.15) is 0 Å². The molecule has 0 heterocycles. The SMILES string of the molecule is CNS(=O)(=O)c1ccc(CCC(=O)NCCCOCc2ccccc2)cc1. The first-order chi connectivity index (χ1) is 13.0. The minimum Gasteiger partial charge on any atom is -0.377 e. The number of nitrogens with one attached hydrogen (secondary N) is 2. The molecule has 0 saturated heterocycles. The number of ether oxygens (including phenoxy) is 1. The first-order valence-corrected chi connectivity index (χ1v) is 10.4. The van der Waals surface area contributed by atoms with Gasteiger partial charge in [0, 0.05) is 19.6 Å². The van der Waals surface area contributed by atoms with Gasteiger partial charge in [0.1, 0.15) is 0 Å². The zero-order valence-corrected chi connectivity index (χ0v) is 16.3. The molecule has 2 aromatic carbocycles. The number of aryl methyl sites for hydroxylation is 1. The molecule has 0 fully saturated rings. The highest BCUT2D eigenvalue weighted by molar-refractivity contribution is 7.89. The lowest BCUT2D eigenvalue weighted by Gasteiger charge is -2.07. The van der Waals surface area contributed by atoms with Crippen molar-refractivity contribution < 1.29 is 17.9 Å². The van der Waals surface area contributed by atoms with Crippen molar-refractivity contribution in [3.8, 4) is 0 Å². The summed E-state index contributed by atoms with van der Waals surface area (Å²) >= 11 is 0. The molecule has 2 aromatic rings. The fraction of sp³-hybridized carbons (Fsp3) is 0.350. The van der Waals surface area contributed by atoms with Gasteiger partial charge in [-0.05, 0) is 43.1 Å². The fourth-order valence-corrected chi connectivity index (χ4v) is 3.20. The Morgan fingerprint density at radius 2 is 1.70 bits per heavy atom. The van der Waals surface area contributed by atoms with Crippen LogP contribution in [0.25, 0.3) is 0 Å². The standard InChI is InChI=1S/C20H26N2O4S/c1-21-27(24,25)19-11-8-17(9-12-19)10-13-20(23)22-14-5-15-26-16-18-6-3-2-4-7-18/h2-4,6-9,11-12,21H,5,10,13-16H2,1H3,(H,22,23). The van der Waals surface area contributed by atoms with Gasteiger partial charge < -0.3 is 10.1 Å². The highest BCUT2D eigenvalue weighted by Gasteiger charge is 2.10. The van der Waals surface area contributed by atoms with Crippen LogP contribution in [0, 0.1) is 0 Å². The molecular formula is C20H26N2O4S. The summed E-state index contributed by atoms with van der Waals surface area (Å²) in [5.41, 5.74) is 2.06. The lowest BCUT2D eigenvalue weighted by Crippen LogP contribution is -2.25. The first-order valence-electron chi connectivity index (χ1n) is 8.92. The minimum atomic E-state index is -3.42. The molecule has 0 aliphatic heterocycles. The molecule has 0 spiro atoms. The number of carbonyl (C=O) groups is 1. The molecule has 0 radical (unpaired) electrons.